The van der Waals surface area contributed by atoms with E-state index in [0.717, 1.165) is 63.2 Å². The predicted molar refractivity (Wildman–Crippen MR) is 202 cm³/mol. The third-order valence-corrected chi connectivity index (χ3v) is 10.5. The molecule has 2 aromatic carbocycles. The summed E-state index contributed by atoms with van der Waals surface area (Å²) in [6.07, 6.45) is 8.05. The van der Waals surface area contributed by atoms with Crippen LogP contribution in [0.2, 0.25) is 0 Å². The van der Waals surface area contributed by atoms with Crippen molar-refractivity contribution in [3.63, 3.8) is 0 Å². The Morgan fingerprint density at radius 1 is 0.981 bits per heavy atom. The van der Waals surface area contributed by atoms with Gasteiger partial charge in [-0.2, -0.15) is 0 Å². The number of aliphatic carboxylic acids is 1. The van der Waals surface area contributed by atoms with Gasteiger partial charge < -0.3 is 28.5 Å². The number of hydrogen-bond acceptors (Lipinski definition) is 8. The summed E-state index contributed by atoms with van der Waals surface area (Å²) in [7, 11) is -1.27. The standard InChI is InChI=1S/C41H48N2O8S/c1-29-36(51-37-27-31(42(23-25-49-4)24-26-50-5)18-20-33(37)40(29)30-13-8-6-9-14-30)15-12-16-38-41(2,3)34-28-32(52(46,47)48)19-21-35(34)43(38)22-11-7-10-17-39(44)45/h6,8-9,12-16,18-21,27-28H,7,10-11,17,22-26H2,1-5H3,(H-,44,45,46,47,48). The van der Waals surface area contributed by atoms with Crippen molar-refractivity contribution in [2.24, 2.45) is 0 Å². The van der Waals surface area contributed by atoms with Gasteiger partial charge >= 0.3 is 5.97 Å². The number of ether oxygens (including phenoxy) is 2. The lowest BCUT2D eigenvalue weighted by molar-refractivity contribution is -0.137. The average Bonchev–Trinajstić information content (AvgIpc) is 3.32. The highest BCUT2D eigenvalue weighted by molar-refractivity contribution is 7.85. The molecule has 5 rings (SSSR count). The molecule has 1 N–H and O–H groups in total. The fraction of sp³-hybridized carbons (Fsp3) is 0.366. The second kappa shape index (κ2) is 16.9. The second-order valence-corrected chi connectivity index (χ2v) is 14.9. The summed E-state index contributed by atoms with van der Waals surface area (Å²) in [5.41, 5.74) is 5.98. The molecule has 0 unspecified atom stereocenters. The summed E-state index contributed by atoms with van der Waals surface area (Å²) in [5.74, 6) is 0.603. The topological polar surface area (TPSA) is 132 Å². The first-order valence-corrected chi connectivity index (χ1v) is 18.9. The monoisotopic (exact) mass is 728 g/mol. The van der Waals surface area contributed by atoms with Crippen LogP contribution in [-0.4, -0.2) is 71.1 Å². The first kappa shape index (κ1) is 38.7. The van der Waals surface area contributed by atoms with E-state index < -0.39 is 21.5 Å². The summed E-state index contributed by atoms with van der Waals surface area (Å²) < 4.78 is 55.5. The quantitative estimate of drug-likeness (QED) is 0.0764. The lowest BCUT2D eigenvalue weighted by Gasteiger charge is -2.27. The van der Waals surface area contributed by atoms with Crippen LogP contribution >= 0.6 is 0 Å². The lowest BCUT2D eigenvalue weighted by Crippen LogP contribution is -2.35. The fourth-order valence-electron chi connectivity index (χ4n) is 6.93. The van der Waals surface area contributed by atoms with Gasteiger partial charge in [0.15, 0.2) is 13.1 Å². The van der Waals surface area contributed by atoms with Crippen LogP contribution in [0.15, 0.2) is 93.9 Å². The van der Waals surface area contributed by atoms with Gasteiger partial charge in [0, 0.05) is 61.2 Å². The Labute approximate surface area is 306 Å². The third kappa shape index (κ3) is 8.73. The molecule has 0 amide bonds. The summed E-state index contributed by atoms with van der Waals surface area (Å²) in [5, 5.41) is 10.1. The lowest BCUT2D eigenvalue weighted by atomic mass is 9.83. The molecule has 0 spiro atoms. The van der Waals surface area contributed by atoms with Crippen molar-refractivity contribution >= 4 is 27.9 Å². The molecule has 2 heterocycles. The van der Waals surface area contributed by atoms with E-state index in [-0.39, 0.29) is 11.3 Å². The van der Waals surface area contributed by atoms with E-state index >= 15 is 0 Å². The van der Waals surface area contributed by atoms with Gasteiger partial charge in [-0.25, -0.2) is 13.0 Å². The highest BCUT2D eigenvalue weighted by Crippen LogP contribution is 2.48. The van der Waals surface area contributed by atoms with E-state index in [1.54, 1.807) is 20.3 Å². The SMILES string of the molecule is COCC[N+](CCOC)=c1ccc2c(-c3ccccc3)c(C)c(/C=C/C=C3/N(CCCCCC(=O)O)c4ccc(S(=O)(=O)[O-])cc4C3(C)C)oc-2c1. The number of fused-ring (bicyclic) bond motifs is 2. The average molecular weight is 729 g/mol. The van der Waals surface area contributed by atoms with Crippen LogP contribution in [0, 0.1) is 6.92 Å². The molecule has 2 aromatic rings. The van der Waals surface area contributed by atoms with Crippen molar-refractivity contribution in [3.05, 3.63) is 107 Å². The van der Waals surface area contributed by atoms with E-state index in [0.29, 0.717) is 45.0 Å². The van der Waals surface area contributed by atoms with Gasteiger partial charge in [0.25, 0.3) is 0 Å². The number of carboxylic acid groups (broad SMARTS) is 1. The molecule has 0 aromatic heterocycles. The van der Waals surface area contributed by atoms with Gasteiger partial charge in [0.05, 0.1) is 11.0 Å². The molecule has 52 heavy (non-hydrogen) atoms. The molecule has 0 radical (unpaired) electrons. The zero-order valence-corrected chi connectivity index (χ0v) is 31.4. The number of unbranched alkanes of at least 4 members (excludes halogenated alkanes) is 2. The van der Waals surface area contributed by atoms with Crippen LogP contribution in [0.4, 0.5) is 5.69 Å². The highest BCUT2D eigenvalue weighted by Gasteiger charge is 2.40. The van der Waals surface area contributed by atoms with E-state index in [9.17, 15) is 17.8 Å². The minimum atomic E-state index is -4.65. The van der Waals surface area contributed by atoms with Crippen molar-refractivity contribution < 1.29 is 36.8 Å². The fourth-order valence-corrected chi connectivity index (χ4v) is 7.43. The van der Waals surface area contributed by atoms with E-state index in [1.807, 2.05) is 50.3 Å². The smallest absolute Gasteiger partial charge is 0.303 e. The van der Waals surface area contributed by atoms with Crippen molar-refractivity contribution in [3.8, 4) is 22.5 Å². The molecular formula is C41H48N2O8S. The van der Waals surface area contributed by atoms with Crippen LogP contribution in [0.5, 0.6) is 0 Å². The Bertz CT molecular complexity index is 2090. The summed E-state index contributed by atoms with van der Waals surface area (Å²) in [6.45, 7) is 9.20. The van der Waals surface area contributed by atoms with E-state index in [1.165, 1.54) is 12.1 Å². The molecule has 0 atom stereocenters. The van der Waals surface area contributed by atoms with Gasteiger partial charge in [-0.3, -0.25) is 4.79 Å². The molecule has 1 aliphatic carbocycles. The minimum Gasteiger partial charge on any atom is -0.744 e. The highest BCUT2D eigenvalue weighted by atomic mass is 32.2. The second-order valence-electron chi connectivity index (χ2n) is 13.5. The Balaban J connectivity index is 1.61. The largest absolute Gasteiger partial charge is 0.744 e. The van der Waals surface area contributed by atoms with E-state index in [4.69, 9.17) is 19.0 Å². The first-order chi connectivity index (χ1) is 24.9. The summed E-state index contributed by atoms with van der Waals surface area (Å²) in [6, 6.07) is 21.0. The Kier molecular flexibility index (Phi) is 12.5. The third-order valence-electron chi connectivity index (χ3n) is 9.68. The molecule has 11 heteroatoms. The van der Waals surface area contributed by atoms with Gasteiger partial charge in [0.2, 0.25) is 5.36 Å². The number of carbonyl (C=O) groups is 1. The number of carboxylic acids is 1. The summed E-state index contributed by atoms with van der Waals surface area (Å²) >= 11 is 0. The Morgan fingerprint density at radius 3 is 2.35 bits per heavy atom. The number of rotatable bonds is 16. The molecular weight excluding hydrogens is 681 g/mol. The molecule has 0 saturated heterocycles. The van der Waals surface area contributed by atoms with Crippen LogP contribution < -0.4 is 14.8 Å². The van der Waals surface area contributed by atoms with E-state index in [2.05, 4.69) is 46.7 Å². The van der Waals surface area contributed by atoms with Crippen LogP contribution in [0.1, 0.15) is 56.4 Å². The number of methoxy groups -OCH3 is 2. The number of anilines is 1. The van der Waals surface area contributed by atoms with Crippen LogP contribution in [0.25, 0.3) is 28.5 Å². The number of allylic oxidation sites excluding steroid dienone is 3. The van der Waals surface area contributed by atoms with Gasteiger partial charge in [-0.15, -0.1) is 0 Å². The maximum atomic E-state index is 12.0. The van der Waals surface area contributed by atoms with Crippen molar-refractivity contribution in [2.75, 3.05) is 52.0 Å². The number of nitrogens with zero attached hydrogens (tertiary/aromatic N) is 2. The minimum absolute atomic E-state index is 0.109. The summed E-state index contributed by atoms with van der Waals surface area (Å²) in [4.78, 5) is 12.9. The molecule has 3 aliphatic rings. The van der Waals surface area contributed by atoms with Crippen LogP contribution in [-0.2, 0) is 29.8 Å². The maximum absolute atomic E-state index is 12.0. The molecule has 276 valence electrons. The zero-order valence-electron chi connectivity index (χ0n) is 30.6. The molecule has 2 aliphatic heterocycles. The predicted octanol–water partition coefficient (Wildman–Crippen LogP) is 6.67. The normalized spacial score (nSPS) is 14.8. The molecule has 0 saturated carbocycles. The zero-order chi connectivity index (χ0) is 37.5. The van der Waals surface area contributed by atoms with Gasteiger partial charge in [-0.05, 0) is 72.9 Å². The molecule has 0 fully saturated rings. The maximum Gasteiger partial charge on any atom is 0.303 e. The number of benzene rings is 3. The van der Waals surface area contributed by atoms with Crippen LogP contribution in [0.3, 0.4) is 0 Å². The van der Waals surface area contributed by atoms with Crippen molar-refractivity contribution in [1.82, 2.24) is 4.58 Å². The number of hydrogen-bond donors (Lipinski definition) is 1. The first-order valence-electron chi connectivity index (χ1n) is 17.5. The molecule has 0 bridgehead atoms. The Morgan fingerprint density at radius 2 is 1.69 bits per heavy atom. The molecule has 10 nitrogen and oxygen atoms in total. The Hall–Kier alpha value is -4.55. The van der Waals surface area contributed by atoms with Crippen molar-refractivity contribution in [1.29, 1.82) is 0 Å². The van der Waals surface area contributed by atoms with Crippen molar-refractivity contribution in [2.45, 2.75) is 56.8 Å². The van der Waals surface area contributed by atoms with Gasteiger partial charge in [-0.1, -0.05) is 56.7 Å². The van der Waals surface area contributed by atoms with Gasteiger partial charge in [0.1, 0.15) is 34.9 Å².